The highest BCUT2D eigenvalue weighted by atomic mass is 16.2. The Labute approximate surface area is 53.2 Å². The summed E-state index contributed by atoms with van der Waals surface area (Å²) in [6.45, 7) is 0. The summed E-state index contributed by atoms with van der Waals surface area (Å²) in [5.74, 6) is 0.288. The fourth-order valence-corrected chi connectivity index (χ4v) is 1.16. The molecule has 1 saturated heterocycles. The maximum absolute atomic E-state index is 10.7. The minimum atomic E-state index is 0.134. The lowest BCUT2D eigenvalue weighted by atomic mass is 9.87. The van der Waals surface area contributed by atoms with Gasteiger partial charge in [0, 0.05) is 0 Å². The Morgan fingerprint density at radius 2 is 2.11 bits per heavy atom. The van der Waals surface area contributed by atoms with Crippen molar-refractivity contribution in [3.8, 4) is 0 Å². The van der Waals surface area contributed by atoms with E-state index in [1.807, 2.05) is 24.3 Å². The number of carbonyl (C=O) groups excluding carboxylic acids is 1. The largest absolute Gasteiger partial charge is 0.348 e. The molecule has 1 heterocycles. The summed E-state index contributed by atoms with van der Waals surface area (Å²) in [5, 5.41) is 2.77. The fraction of sp³-hybridized carbons (Fsp3) is 0.286. The van der Waals surface area contributed by atoms with Crippen LogP contribution in [0.1, 0.15) is 0 Å². The number of allylic oxidation sites excluding steroid dienone is 2. The van der Waals surface area contributed by atoms with Crippen LogP contribution in [0.3, 0.4) is 0 Å². The molecule has 1 aliphatic heterocycles. The van der Waals surface area contributed by atoms with Gasteiger partial charge in [-0.2, -0.15) is 0 Å². The molecule has 0 radical (unpaired) electrons. The number of hydrogen-bond acceptors (Lipinski definition) is 1. The molecule has 0 aromatic carbocycles. The van der Waals surface area contributed by atoms with Crippen LogP contribution in [0.15, 0.2) is 24.3 Å². The first-order valence-corrected chi connectivity index (χ1v) is 3.03. The Kier molecular flexibility index (Phi) is 0.781. The first-order chi connectivity index (χ1) is 4.38. The number of rotatable bonds is 0. The van der Waals surface area contributed by atoms with Gasteiger partial charge in [-0.05, 0) is 0 Å². The standard InChI is InChI=1S/C7H7NO/c9-7-5-3-1-2-4-6(5)8-7/h1-6H,(H,8,9)/t5-,6-/m1/s1. The highest BCUT2D eigenvalue weighted by molar-refractivity contribution is 5.88. The molecule has 0 bridgehead atoms. The van der Waals surface area contributed by atoms with Crippen molar-refractivity contribution in [2.75, 3.05) is 0 Å². The van der Waals surface area contributed by atoms with E-state index in [0.717, 1.165) is 0 Å². The number of amides is 1. The minimum Gasteiger partial charge on any atom is -0.348 e. The maximum Gasteiger partial charge on any atom is 0.229 e. The first-order valence-electron chi connectivity index (χ1n) is 3.03. The third-order valence-electron chi connectivity index (χ3n) is 1.75. The average molecular weight is 121 g/mol. The first kappa shape index (κ1) is 4.79. The van der Waals surface area contributed by atoms with Crippen LogP contribution in [0.4, 0.5) is 0 Å². The molecule has 1 N–H and O–H groups in total. The lowest BCUT2D eigenvalue weighted by Crippen LogP contribution is -2.56. The van der Waals surface area contributed by atoms with Crippen molar-refractivity contribution >= 4 is 5.91 Å². The molecule has 46 valence electrons. The van der Waals surface area contributed by atoms with E-state index in [1.54, 1.807) is 0 Å². The zero-order chi connectivity index (χ0) is 6.27. The van der Waals surface area contributed by atoms with E-state index in [4.69, 9.17) is 0 Å². The summed E-state index contributed by atoms with van der Waals surface area (Å²) in [6, 6.07) is 0.294. The van der Waals surface area contributed by atoms with Crippen molar-refractivity contribution in [1.29, 1.82) is 0 Å². The third-order valence-corrected chi connectivity index (χ3v) is 1.75. The molecule has 0 spiro atoms. The van der Waals surface area contributed by atoms with Crippen LogP contribution in [-0.4, -0.2) is 11.9 Å². The SMILES string of the molecule is O=C1N[C@@H]2C=CC=C[C@@H]12. The highest BCUT2D eigenvalue weighted by Gasteiger charge is 2.35. The second-order valence-electron chi connectivity index (χ2n) is 2.33. The summed E-state index contributed by atoms with van der Waals surface area (Å²) in [5.41, 5.74) is 0. The maximum atomic E-state index is 10.7. The molecule has 2 heteroatoms. The van der Waals surface area contributed by atoms with Crippen LogP contribution in [0, 0.1) is 5.92 Å². The van der Waals surface area contributed by atoms with Crippen LogP contribution < -0.4 is 5.32 Å². The van der Waals surface area contributed by atoms with Crippen LogP contribution in [-0.2, 0) is 4.79 Å². The van der Waals surface area contributed by atoms with E-state index >= 15 is 0 Å². The van der Waals surface area contributed by atoms with Gasteiger partial charge < -0.3 is 5.32 Å². The Morgan fingerprint density at radius 3 is 2.67 bits per heavy atom. The van der Waals surface area contributed by atoms with Gasteiger partial charge in [0.15, 0.2) is 0 Å². The van der Waals surface area contributed by atoms with E-state index in [9.17, 15) is 4.79 Å². The molecule has 0 unspecified atom stereocenters. The molecule has 2 rings (SSSR count). The Morgan fingerprint density at radius 1 is 1.33 bits per heavy atom. The van der Waals surface area contributed by atoms with Gasteiger partial charge in [0.2, 0.25) is 5.91 Å². The van der Waals surface area contributed by atoms with Gasteiger partial charge in [0.05, 0.1) is 12.0 Å². The number of β-lactam (4-membered cyclic amide) rings is 1. The lowest BCUT2D eigenvalue weighted by molar-refractivity contribution is -0.131. The summed E-state index contributed by atoms with van der Waals surface area (Å²) in [6.07, 6.45) is 7.82. The van der Waals surface area contributed by atoms with Gasteiger partial charge in [-0.15, -0.1) is 0 Å². The van der Waals surface area contributed by atoms with Crippen LogP contribution in [0.25, 0.3) is 0 Å². The summed E-state index contributed by atoms with van der Waals surface area (Å²) < 4.78 is 0. The van der Waals surface area contributed by atoms with Crippen molar-refractivity contribution < 1.29 is 4.79 Å². The molecular formula is C7H7NO. The Balaban J connectivity index is 2.23. The predicted molar refractivity (Wildman–Crippen MR) is 33.7 cm³/mol. The van der Waals surface area contributed by atoms with Gasteiger partial charge in [-0.1, -0.05) is 24.3 Å². The average Bonchev–Trinajstić information content (AvgIpc) is 1.86. The molecule has 1 fully saturated rings. The fourth-order valence-electron chi connectivity index (χ4n) is 1.16. The van der Waals surface area contributed by atoms with Crippen molar-refractivity contribution in [2.24, 2.45) is 5.92 Å². The quantitative estimate of drug-likeness (QED) is 0.456. The van der Waals surface area contributed by atoms with Gasteiger partial charge in [0.25, 0.3) is 0 Å². The minimum absolute atomic E-state index is 0.134. The number of carbonyl (C=O) groups is 1. The topological polar surface area (TPSA) is 29.1 Å². The second kappa shape index (κ2) is 1.47. The van der Waals surface area contributed by atoms with Gasteiger partial charge in [0.1, 0.15) is 0 Å². The van der Waals surface area contributed by atoms with Gasteiger partial charge in [-0.25, -0.2) is 0 Å². The van der Waals surface area contributed by atoms with Crippen LogP contribution in [0.2, 0.25) is 0 Å². The molecule has 0 aromatic rings. The summed E-state index contributed by atoms with van der Waals surface area (Å²) in [4.78, 5) is 10.7. The second-order valence-corrected chi connectivity index (χ2v) is 2.33. The van der Waals surface area contributed by atoms with Crippen molar-refractivity contribution in [3.63, 3.8) is 0 Å². The number of hydrogen-bond donors (Lipinski definition) is 1. The monoisotopic (exact) mass is 121 g/mol. The van der Waals surface area contributed by atoms with E-state index in [-0.39, 0.29) is 11.8 Å². The van der Waals surface area contributed by atoms with Crippen molar-refractivity contribution in [1.82, 2.24) is 5.32 Å². The van der Waals surface area contributed by atoms with Gasteiger partial charge >= 0.3 is 0 Å². The zero-order valence-corrected chi connectivity index (χ0v) is 4.87. The number of nitrogens with one attached hydrogen (secondary N) is 1. The Bertz CT molecular complexity index is 205. The normalized spacial score (nSPS) is 37.1. The molecule has 1 amide bonds. The molecule has 2 nitrogen and oxygen atoms in total. The van der Waals surface area contributed by atoms with Crippen molar-refractivity contribution in [2.45, 2.75) is 6.04 Å². The predicted octanol–water partition coefficient (Wildman–Crippen LogP) is 0.227. The molecular weight excluding hydrogens is 114 g/mol. The summed E-state index contributed by atoms with van der Waals surface area (Å²) >= 11 is 0. The number of fused-ring (bicyclic) bond motifs is 1. The van der Waals surface area contributed by atoms with E-state index < -0.39 is 0 Å². The Hall–Kier alpha value is -1.05. The van der Waals surface area contributed by atoms with E-state index in [2.05, 4.69) is 5.32 Å². The van der Waals surface area contributed by atoms with Crippen LogP contribution >= 0.6 is 0 Å². The van der Waals surface area contributed by atoms with Crippen molar-refractivity contribution in [3.05, 3.63) is 24.3 Å². The van der Waals surface area contributed by atoms with E-state index in [0.29, 0.717) is 6.04 Å². The molecule has 2 aliphatic rings. The van der Waals surface area contributed by atoms with Gasteiger partial charge in [-0.3, -0.25) is 4.79 Å². The zero-order valence-electron chi connectivity index (χ0n) is 4.87. The lowest BCUT2D eigenvalue weighted by Gasteiger charge is -2.33. The molecule has 0 aromatic heterocycles. The molecule has 9 heavy (non-hydrogen) atoms. The molecule has 1 aliphatic carbocycles. The smallest absolute Gasteiger partial charge is 0.229 e. The van der Waals surface area contributed by atoms with Crippen LogP contribution in [0.5, 0.6) is 0 Å². The molecule has 2 atom stereocenters. The molecule has 0 saturated carbocycles. The summed E-state index contributed by atoms with van der Waals surface area (Å²) in [7, 11) is 0. The third kappa shape index (κ3) is 0.529. The van der Waals surface area contributed by atoms with E-state index in [1.165, 1.54) is 0 Å². The highest BCUT2D eigenvalue weighted by Crippen LogP contribution is 2.20.